The molecule has 1 aromatic heterocycles. The van der Waals surface area contributed by atoms with Gasteiger partial charge in [0.15, 0.2) is 0 Å². The lowest BCUT2D eigenvalue weighted by atomic mass is 10.2. The van der Waals surface area contributed by atoms with Crippen LogP contribution in [0.2, 0.25) is 5.15 Å². The topological polar surface area (TPSA) is 19.4 Å². The number of hydrogen-bond acceptors (Lipinski definition) is 3. The van der Waals surface area contributed by atoms with E-state index in [4.69, 9.17) is 11.6 Å². The minimum absolute atomic E-state index is 0.549. The number of piperazine rings is 1. The first-order chi connectivity index (χ1) is 10.8. The first-order valence-electron chi connectivity index (χ1n) is 7.62. The van der Waals surface area contributed by atoms with Crippen LogP contribution in [-0.2, 0) is 0 Å². The zero-order valence-electron chi connectivity index (χ0n) is 12.5. The van der Waals surface area contributed by atoms with Gasteiger partial charge in [0.1, 0.15) is 5.15 Å². The van der Waals surface area contributed by atoms with Gasteiger partial charge in [-0.15, -0.1) is 0 Å². The highest BCUT2D eigenvalue weighted by atomic mass is 35.5. The summed E-state index contributed by atoms with van der Waals surface area (Å²) >= 11 is 5.84. The highest BCUT2D eigenvalue weighted by Gasteiger charge is 2.16. The number of halogens is 1. The molecule has 1 fully saturated rings. The van der Waals surface area contributed by atoms with Crippen molar-refractivity contribution in [3.05, 3.63) is 65.5 Å². The van der Waals surface area contributed by atoms with Crippen molar-refractivity contribution in [3.8, 4) is 0 Å². The highest BCUT2D eigenvalue weighted by Crippen LogP contribution is 2.17. The lowest BCUT2D eigenvalue weighted by Gasteiger charge is -2.35. The lowest BCUT2D eigenvalue weighted by Crippen LogP contribution is -2.46. The van der Waals surface area contributed by atoms with Crippen LogP contribution >= 0.6 is 11.6 Å². The van der Waals surface area contributed by atoms with Crippen molar-refractivity contribution in [1.82, 2.24) is 9.88 Å². The van der Waals surface area contributed by atoms with Crippen LogP contribution in [0.3, 0.4) is 0 Å². The average molecular weight is 314 g/mol. The predicted molar refractivity (Wildman–Crippen MR) is 93.4 cm³/mol. The van der Waals surface area contributed by atoms with Gasteiger partial charge in [-0.25, -0.2) is 4.98 Å². The van der Waals surface area contributed by atoms with E-state index in [1.165, 1.54) is 5.56 Å². The monoisotopic (exact) mass is 313 g/mol. The average Bonchev–Trinajstić information content (AvgIpc) is 2.57. The van der Waals surface area contributed by atoms with Crippen LogP contribution in [-0.4, -0.2) is 42.6 Å². The Morgan fingerprint density at radius 1 is 1.00 bits per heavy atom. The fourth-order valence-corrected chi connectivity index (χ4v) is 2.76. The molecule has 4 heteroatoms. The van der Waals surface area contributed by atoms with Crippen LogP contribution in [0.4, 0.5) is 5.69 Å². The van der Waals surface area contributed by atoms with Gasteiger partial charge in [0, 0.05) is 32.7 Å². The molecule has 0 saturated carbocycles. The predicted octanol–water partition coefficient (Wildman–Crippen LogP) is 3.57. The normalized spacial score (nSPS) is 16.3. The Kier molecular flexibility index (Phi) is 5.09. The van der Waals surface area contributed by atoms with E-state index in [-0.39, 0.29) is 0 Å². The van der Waals surface area contributed by atoms with Crippen LogP contribution < -0.4 is 4.90 Å². The standard InChI is InChI=1S/C18H20ClN3/c19-18-9-8-17(15-20-18)22-13-11-21(12-14-22)10-4-7-16-5-2-1-3-6-16/h1-9,15H,10-14H2/b7-4+. The molecule has 0 atom stereocenters. The third-order valence-corrected chi connectivity index (χ3v) is 4.15. The molecule has 1 saturated heterocycles. The number of anilines is 1. The van der Waals surface area contributed by atoms with E-state index in [1.807, 2.05) is 24.4 Å². The van der Waals surface area contributed by atoms with Gasteiger partial charge in [-0.3, -0.25) is 4.90 Å². The van der Waals surface area contributed by atoms with Gasteiger partial charge in [0.2, 0.25) is 0 Å². The molecule has 0 unspecified atom stereocenters. The summed E-state index contributed by atoms with van der Waals surface area (Å²) in [6.07, 6.45) is 6.29. The Balaban J connectivity index is 1.47. The first kappa shape index (κ1) is 15.1. The Bertz CT molecular complexity index is 602. The number of rotatable bonds is 4. The maximum absolute atomic E-state index is 5.84. The van der Waals surface area contributed by atoms with E-state index in [0.717, 1.165) is 38.4 Å². The van der Waals surface area contributed by atoms with Gasteiger partial charge in [0.25, 0.3) is 0 Å². The number of aromatic nitrogens is 1. The summed E-state index contributed by atoms with van der Waals surface area (Å²) in [5.74, 6) is 0. The molecule has 3 rings (SSSR count). The fourth-order valence-electron chi connectivity index (χ4n) is 2.65. The summed E-state index contributed by atoms with van der Waals surface area (Å²) < 4.78 is 0. The minimum Gasteiger partial charge on any atom is -0.368 e. The lowest BCUT2D eigenvalue weighted by molar-refractivity contribution is 0.284. The molecule has 1 aromatic carbocycles. The van der Waals surface area contributed by atoms with Crippen LogP contribution in [0.15, 0.2) is 54.7 Å². The first-order valence-corrected chi connectivity index (χ1v) is 7.99. The van der Waals surface area contributed by atoms with Crippen LogP contribution in [0, 0.1) is 0 Å². The van der Waals surface area contributed by atoms with Crippen molar-refractivity contribution in [2.24, 2.45) is 0 Å². The van der Waals surface area contributed by atoms with Crippen LogP contribution in [0.5, 0.6) is 0 Å². The van der Waals surface area contributed by atoms with Crippen molar-refractivity contribution in [2.75, 3.05) is 37.6 Å². The smallest absolute Gasteiger partial charge is 0.129 e. The van der Waals surface area contributed by atoms with E-state index in [0.29, 0.717) is 5.15 Å². The Hall–Kier alpha value is -1.84. The Morgan fingerprint density at radius 2 is 1.77 bits per heavy atom. The third-order valence-electron chi connectivity index (χ3n) is 3.92. The molecule has 3 nitrogen and oxygen atoms in total. The Labute approximate surface area is 136 Å². The second kappa shape index (κ2) is 7.43. The molecule has 0 radical (unpaired) electrons. The van der Waals surface area contributed by atoms with E-state index in [2.05, 4.69) is 51.2 Å². The summed E-state index contributed by atoms with van der Waals surface area (Å²) in [6, 6.07) is 14.3. The van der Waals surface area contributed by atoms with Crippen LogP contribution in [0.25, 0.3) is 6.08 Å². The van der Waals surface area contributed by atoms with Crippen molar-refractivity contribution in [1.29, 1.82) is 0 Å². The summed E-state index contributed by atoms with van der Waals surface area (Å²) in [5.41, 5.74) is 2.41. The molecule has 1 aliphatic rings. The SMILES string of the molecule is Clc1ccc(N2CCN(C/C=C/c3ccccc3)CC2)cn1. The second-order valence-electron chi connectivity index (χ2n) is 5.44. The maximum Gasteiger partial charge on any atom is 0.129 e. The van der Waals surface area contributed by atoms with Gasteiger partial charge in [-0.05, 0) is 17.7 Å². The quantitative estimate of drug-likeness (QED) is 0.804. The van der Waals surface area contributed by atoms with Gasteiger partial charge in [0.05, 0.1) is 11.9 Å². The molecular formula is C18H20ClN3. The largest absolute Gasteiger partial charge is 0.368 e. The molecule has 0 N–H and O–H groups in total. The molecule has 0 spiro atoms. The summed E-state index contributed by atoms with van der Waals surface area (Å²) in [4.78, 5) is 8.99. The highest BCUT2D eigenvalue weighted by molar-refractivity contribution is 6.29. The van der Waals surface area contributed by atoms with Crippen molar-refractivity contribution in [3.63, 3.8) is 0 Å². The molecule has 0 amide bonds. The fraction of sp³-hybridized carbons (Fsp3) is 0.278. The van der Waals surface area contributed by atoms with Gasteiger partial charge in [-0.2, -0.15) is 0 Å². The second-order valence-corrected chi connectivity index (χ2v) is 5.83. The summed E-state index contributed by atoms with van der Waals surface area (Å²) in [5, 5.41) is 0.549. The molecule has 2 heterocycles. The van der Waals surface area contributed by atoms with E-state index in [9.17, 15) is 0 Å². The van der Waals surface area contributed by atoms with Crippen molar-refractivity contribution >= 4 is 23.4 Å². The molecule has 114 valence electrons. The van der Waals surface area contributed by atoms with Gasteiger partial charge in [-0.1, -0.05) is 54.1 Å². The third kappa shape index (κ3) is 4.09. The molecule has 0 bridgehead atoms. The van der Waals surface area contributed by atoms with E-state index < -0.39 is 0 Å². The molecule has 1 aliphatic heterocycles. The number of hydrogen-bond donors (Lipinski definition) is 0. The molecule has 22 heavy (non-hydrogen) atoms. The van der Waals surface area contributed by atoms with E-state index in [1.54, 1.807) is 0 Å². The van der Waals surface area contributed by atoms with Crippen molar-refractivity contribution < 1.29 is 0 Å². The maximum atomic E-state index is 5.84. The zero-order valence-corrected chi connectivity index (χ0v) is 13.3. The molecule has 2 aromatic rings. The van der Waals surface area contributed by atoms with Gasteiger partial charge < -0.3 is 4.90 Å². The minimum atomic E-state index is 0.549. The number of nitrogens with zero attached hydrogens (tertiary/aromatic N) is 3. The van der Waals surface area contributed by atoms with Crippen LogP contribution in [0.1, 0.15) is 5.56 Å². The zero-order chi connectivity index (χ0) is 15.2. The summed E-state index contributed by atoms with van der Waals surface area (Å²) in [7, 11) is 0. The van der Waals surface area contributed by atoms with E-state index >= 15 is 0 Å². The summed E-state index contributed by atoms with van der Waals surface area (Å²) in [6.45, 7) is 5.20. The van der Waals surface area contributed by atoms with Gasteiger partial charge >= 0.3 is 0 Å². The van der Waals surface area contributed by atoms with Crippen molar-refractivity contribution in [2.45, 2.75) is 0 Å². The number of benzene rings is 1. The number of pyridine rings is 1. The molecule has 0 aliphatic carbocycles. The Morgan fingerprint density at radius 3 is 2.45 bits per heavy atom. The molecular weight excluding hydrogens is 294 g/mol.